The van der Waals surface area contributed by atoms with Gasteiger partial charge in [-0.15, -0.1) is 0 Å². The molecule has 0 heterocycles. The molecule has 1 rings (SSSR count). The topological polar surface area (TPSA) is 9.23 Å². The monoisotopic (exact) mass is 206 g/mol. The Morgan fingerprint density at radius 2 is 1.79 bits per heavy atom. The molecule has 0 N–H and O–H groups in total. The van der Waals surface area contributed by atoms with Gasteiger partial charge < -0.3 is 4.74 Å². The van der Waals surface area contributed by atoms with E-state index in [1.807, 2.05) is 18.2 Å². The first-order valence-corrected chi connectivity index (χ1v) is 8.43. The summed E-state index contributed by atoms with van der Waals surface area (Å²) in [5, 5.41) is 0. The van der Waals surface area contributed by atoms with Gasteiger partial charge in [0.05, 0.1) is 15.2 Å². The van der Waals surface area contributed by atoms with E-state index in [1.54, 1.807) is 7.11 Å². The molecule has 1 aromatic rings. The van der Waals surface area contributed by atoms with Crippen LogP contribution in [0.1, 0.15) is 5.56 Å². The van der Waals surface area contributed by atoms with Crippen LogP contribution in [0.2, 0.25) is 19.6 Å². The fourth-order valence-electron chi connectivity index (χ4n) is 1.14. The lowest BCUT2D eigenvalue weighted by molar-refractivity contribution is 0.414. The predicted octanol–water partition coefficient (Wildman–Crippen LogP) is 3.59. The number of para-hydroxylation sites is 1. The van der Waals surface area contributed by atoms with E-state index in [1.165, 1.54) is 0 Å². The largest absolute Gasteiger partial charge is 0.496 e. The number of rotatable bonds is 3. The van der Waals surface area contributed by atoms with Crippen molar-refractivity contribution in [3.05, 3.63) is 35.5 Å². The summed E-state index contributed by atoms with van der Waals surface area (Å²) in [5.74, 6) is 0.946. The molecular weight excluding hydrogens is 188 g/mol. The van der Waals surface area contributed by atoms with Crippen molar-refractivity contribution >= 4 is 14.1 Å². The number of hydrogen-bond donors (Lipinski definition) is 0. The second kappa shape index (κ2) is 4.47. The van der Waals surface area contributed by atoms with E-state index in [4.69, 9.17) is 4.74 Å². The van der Waals surface area contributed by atoms with Crippen molar-refractivity contribution in [1.82, 2.24) is 0 Å². The molecule has 0 atom stereocenters. The average Bonchev–Trinajstić information content (AvgIpc) is 2.14. The van der Waals surface area contributed by atoms with Crippen molar-refractivity contribution in [3.8, 4) is 5.75 Å². The number of methoxy groups -OCH3 is 1. The van der Waals surface area contributed by atoms with Crippen molar-refractivity contribution in [2.75, 3.05) is 7.11 Å². The first kappa shape index (κ1) is 11.1. The lowest BCUT2D eigenvalue weighted by atomic mass is 10.2. The van der Waals surface area contributed by atoms with Gasteiger partial charge in [-0.2, -0.15) is 0 Å². The van der Waals surface area contributed by atoms with Gasteiger partial charge in [-0.3, -0.25) is 0 Å². The summed E-state index contributed by atoms with van der Waals surface area (Å²) < 4.78 is 5.27. The van der Waals surface area contributed by atoms with E-state index in [-0.39, 0.29) is 0 Å². The molecule has 1 aromatic carbocycles. The highest BCUT2D eigenvalue weighted by Crippen LogP contribution is 2.19. The molecule has 0 fully saturated rings. The molecule has 0 unspecified atom stereocenters. The van der Waals surface area contributed by atoms with Gasteiger partial charge in [-0.1, -0.05) is 49.6 Å². The van der Waals surface area contributed by atoms with E-state index < -0.39 is 8.07 Å². The summed E-state index contributed by atoms with van der Waals surface area (Å²) in [7, 11) is 0.598. The molecule has 0 aliphatic heterocycles. The van der Waals surface area contributed by atoms with Gasteiger partial charge in [-0.25, -0.2) is 0 Å². The molecule has 0 aromatic heterocycles. The molecule has 2 heteroatoms. The molecule has 0 spiro atoms. The SMILES string of the molecule is COc1ccccc1/C=C/[Si](C)(C)C. The lowest BCUT2D eigenvalue weighted by Crippen LogP contribution is -2.15. The van der Waals surface area contributed by atoms with Crippen LogP contribution in [-0.2, 0) is 0 Å². The molecule has 76 valence electrons. The van der Waals surface area contributed by atoms with Gasteiger partial charge >= 0.3 is 0 Å². The zero-order valence-electron chi connectivity index (χ0n) is 9.37. The Balaban J connectivity index is 2.91. The van der Waals surface area contributed by atoms with Gasteiger partial charge in [0.25, 0.3) is 0 Å². The van der Waals surface area contributed by atoms with Crippen LogP contribution >= 0.6 is 0 Å². The summed E-state index contributed by atoms with van der Waals surface area (Å²) in [6.45, 7) is 6.96. The van der Waals surface area contributed by atoms with Gasteiger partial charge in [-0.05, 0) is 6.07 Å². The summed E-state index contributed by atoms with van der Waals surface area (Å²) in [6, 6.07) is 8.09. The van der Waals surface area contributed by atoms with Crippen molar-refractivity contribution in [3.63, 3.8) is 0 Å². The van der Waals surface area contributed by atoms with Gasteiger partial charge in [0.2, 0.25) is 0 Å². The molecule has 0 radical (unpaired) electrons. The maximum Gasteiger partial charge on any atom is 0.126 e. The van der Waals surface area contributed by atoms with Gasteiger partial charge in [0, 0.05) is 5.56 Å². The Morgan fingerprint density at radius 3 is 2.36 bits per heavy atom. The third-order valence-electron chi connectivity index (χ3n) is 1.90. The minimum atomic E-state index is -1.11. The molecule has 1 nitrogen and oxygen atoms in total. The zero-order valence-corrected chi connectivity index (χ0v) is 10.4. The van der Waals surface area contributed by atoms with Crippen LogP contribution in [0.4, 0.5) is 0 Å². The van der Waals surface area contributed by atoms with E-state index in [2.05, 4.69) is 37.5 Å². The molecule has 0 saturated carbocycles. The molecule has 0 saturated heterocycles. The molecule has 0 aliphatic carbocycles. The van der Waals surface area contributed by atoms with Crippen molar-refractivity contribution in [2.45, 2.75) is 19.6 Å². The minimum absolute atomic E-state index is 0.946. The summed E-state index contributed by atoms with van der Waals surface area (Å²) in [6.07, 6.45) is 2.17. The highest BCUT2D eigenvalue weighted by molar-refractivity contribution is 6.81. The standard InChI is InChI=1S/C12H18OSi/c1-13-12-8-6-5-7-11(12)9-10-14(2,3)4/h5-10H,1-4H3/b10-9+. The van der Waals surface area contributed by atoms with Gasteiger partial charge in [0.1, 0.15) is 5.75 Å². The Bertz CT molecular complexity index is 323. The number of benzene rings is 1. The zero-order chi connectivity index (χ0) is 10.6. The Labute approximate surface area is 87.4 Å². The maximum absolute atomic E-state index is 5.27. The number of hydrogen-bond acceptors (Lipinski definition) is 1. The van der Waals surface area contributed by atoms with Crippen LogP contribution in [-0.4, -0.2) is 15.2 Å². The average molecular weight is 206 g/mol. The van der Waals surface area contributed by atoms with Crippen LogP contribution in [0.3, 0.4) is 0 Å². The molecular formula is C12H18OSi. The minimum Gasteiger partial charge on any atom is -0.496 e. The van der Waals surface area contributed by atoms with Crippen molar-refractivity contribution < 1.29 is 4.74 Å². The second-order valence-electron chi connectivity index (χ2n) is 4.44. The van der Waals surface area contributed by atoms with E-state index in [0.717, 1.165) is 11.3 Å². The van der Waals surface area contributed by atoms with Crippen LogP contribution in [0.15, 0.2) is 30.0 Å². The van der Waals surface area contributed by atoms with Gasteiger partial charge in [0.15, 0.2) is 0 Å². The Hall–Kier alpha value is -1.02. The fraction of sp³-hybridized carbons (Fsp3) is 0.333. The third-order valence-corrected chi connectivity index (χ3v) is 3.07. The molecule has 0 amide bonds. The molecule has 14 heavy (non-hydrogen) atoms. The first-order chi connectivity index (χ1) is 6.53. The van der Waals surface area contributed by atoms with Crippen LogP contribution < -0.4 is 4.74 Å². The highest BCUT2D eigenvalue weighted by Gasteiger charge is 2.07. The molecule has 0 bridgehead atoms. The highest BCUT2D eigenvalue weighted by atomic mass is 28.3. The second-order valence-corrected chi connectivity index (χ2v) is 9.51. The summed E-state index contributed by atoms with van der Waals surface area (Å²) in [4.78, 5) is 0. The van der Waals surface area contributed by atoms with Crippen molar-refractivity contribution in [1.29, 1.82) is 0 Å². The van der Waals surface area contributed by atoms with Crippen LogP contribution in [0, 0.1) is 0 Å². The number of ether oxygens (including phenoxy) is 1. The lowest BCUT2D eigenvalue weighted by Gasteiger charge is -2.09. The van der Waals surface area contributed by atoms with E-state index in [9.17, 15) is 0 Å². The predicted molar refractivity (Wildman–Crippen MR) is 65.4 cm³/mol. The summed E-state index contributed by atoms with van der Waals surface area (Å²) >= 11 is 0. The summed E-state index contributed by atoms with van der Waals surface area (Å²) in [5.41, 5.74) is 3.49. The normalized spacial score (nSPS) is 12.0. The Morgan fingerprint density at radius 1 is 1.14 bits per heavy atom. The fourth-order valence-corrected chi connectivity index (χ4v) is 1.82. The van der Waals surface area contributed by atoms with E-state index >= 15 is 0 Å². The van der Waals surface area contributed by atoms with Crippen LogP contribution in [0.25, 0.3) is 6.08 Å². The first-order valence-electron chi connectivity index (χ1n) is 4.85. The molecule has 0 aliphatic rings. The smallest absolute Gasteiger partial charge is 0.126 e. The van der Waals surface area contributed by atoms with E-state index in [0.29, 0.717) is 0 Å². The third kappa shape index (κ3) is 3.38. The van der Waals surface area contributed by atoms with Crippen molar-refractivity contribution in [2.24, 2.45) is 0 Å². The quantitative estimate of drug-likeness (QED) is 0.687. The maximum atomic E-state index is 5.27. The Kier molecular flexibility index (Phi) is 3.53. The van der Waals surface area contributed by atoms with Crippen LogP contribution in [0.5, 0.6) is 5.75 Å².